The predicted molar refractivity (Wildman–Crippen MR) is 102 cm³/mol. The normalized spacial score (nSPS) is 12.7. The lowest BCUT2D eigenvalue weighted by atomic mass is 9.87. The molecule has 0 heterocycles. The standard InChI is InChI=1S/C20H26ClP/c1-19(2,3)15-9-7-11-17(13-15)22(21)18-12-8-10-16(14-18)20(4,5)6/h7-14H,1-6H3. The van der Waals surface area contributed by atoms with E-state index >= 15 is 0 Å². The molecule has 2 aromatic carbocycles. The van der Waals surface area contributed by atoms with Crippen LogP contribution in [0.2, 0.25) is 0 Å². The van der Waals surface area contributed by atoms with Crippen LogP contribution in [0.25, 0.3) is 0 Å². The molecule has 0 aliphatic heterocycles. The second kappa shape index (κ2) is 6.34. The lowest BCUT2D eigenvalue weighted by molar-refractivity contribution is 0.590. The molecule has 0 unspecified atom stereocenters. The van der Waals surface area contributed by atoms with Crippen molar-refractivity contribution in [2.45, 2.75) is 52.4 Å². The third kappa shape index (κ3) is 4.12. The van der Waals surface area contributed by atoms with Crippen LogP contribution >= 0.6 is 18.5 Å². The fourth-order valence-electron chi connectivity index (χ4n) is 2.34. The number of hydrogen-bond acceptors (Lipinski definition) is 0. The van der Waals surface area contributed by atoms with Crippen molar-refractivity contribution in [3.63, 3.8) is 0 Å². The van der Waals surface area contributed by atoms with Crippen molar-refractivity contribution in [2.75, 3.05) is 0 Å². The Kier molecular flexibility index (Phi) is 5.05. The van der Waals surface area contributed by atoms with Crippen LogP contribution in [0.5, 0.6) is 0 Å². The van der Waals surface area contributed by atoms with Gasteiger partial charge in [0, 0.05) is 0 Å². The molecule has 0 N–H and O–H groups in total. The molecule has 0 aromatic heterocycles. The van der Waals surface area contributed by atoms with E-state index in [2.05, 4.69) is 90.1 Å². The third-order valence-electron chi connectivity index (χ3n) is 3.88. The van der Waals surface area contributed by atoms with Gasteiger partial charge < -0.3 is 0 Å². The fourth-order valence-corrected chi connectivity index (χ4v) is 4.21. The molecule has 0 atom stereocenters. The van der Waals surface area contributed by atoms with Gasteiger partial charge in [-0.1, -0.05) is 89.2 Å². The van der Waals surface area contributed by atoms with Gasteiger partial charge in [0.05, 0.1) is 7.27 Å². The fraction of sp³-hybridized carbons (Fsp3) is 0.400. The highest BCUT2D eigenvalue weighted by Crippen LogP contribution is 2.40. The van der Waals surface area contributed by atoms with Gasteiger partial charge >= 0.3 is 0 Å². The van der Waals surface area contributed by atoms with E-state index in [0.29, 0.717) is 0 Å². The predicted octanol–water partition coefficient (Wildman–Crippen LogP) is 5.87. The Morgan fingerprint density at radius 3 is 1.36 bits per heavy atom. The van der Waals surface area contributed by atoms with Gasteiger partial charge in [-0.2, -0.15) is 0 Å². The highest BCUT2D eigenvalue weighted by Gasteiger charge is 2.19. The molecular formula is C20H26ClP. The van der Waals surface area contributed by atoms with Crippen molar-refractivity contribution in [2.24, 2.45) is 0 Å². The Balaban J connectivity index is 2.38. The third-order valence-corrected chi connectivity index (χ3v) is 6.51. The van der Waals surface area contributed by atoms with E-state index in [0.717, 1.165) is 0 Å². The Bertz CT molecular complexity index is 590. The van der Waals surface area contributed by atoms with E-state index in [1.54, 1.807) is 0 Å². The first kappa shape index (κ1) is 17.5. The van der Waals surface area contributed by atoms with Crippen LogP contribution in [0.15, 0.2) is 48.5 Å². The molecule has 2 heteroatoms. The average molecular weight is 333 g/mol. The van der Waals surface area contributed by atoms with Crippen LogP contribution in [0, 0.1) is 0 Å². The Hall–Kier alpha value is -0.840. The van der Waals surface area contributed by atoms with Gasteiger partial charge in [-0.3, -0.25) is 0 Å². The summed E-state index contributed by atoms with van der Waals surface area (Å²) >= 11 is 6.84. The van der Waals surface area contributed by atoms with Crippen molar-refractivity contribution in [1.29, 1.82) is 0 Å². The van der Waals surface area contributed by atoms with E-state index in [4.69, 9.17) is 11.2 Å². The molecular weight excluding hydrogens is 307 g/mol. The maximum atomic E-state index is 6.84. The lowest BCUT2D eigenvalue weighted by Gasteiger charge is -2.22. The van der Waals surface area contributed by atoms with E-state index in [9.17, 15) is 0 Å². The highest BCUT2D eigenvalue weighted by atomic mass is 35.7. The average Bonchev–Trinajstić information content (AvgIpc) is 2.45. The Morgan fingerprint density at radius 2 is 1.05 bits per heavy atom. The summed E-state index contributed by atoms with van der Waals surface area (Å²) in [6, 6.07) is 17.5. The summed E-state index contributed by atoms with van der Waals surface area (Å²) in [5.74, 6) is 0. The molecule has 2 aromatic rings. The van der Waals surface area contributed by atoms with Crippen LogP contribution in [0.3, 0.4) is 0 Å². The summed E-state index contributed by atoms with van der Waals surface area (Å²) in [4.78, 5) is 0. The van der Waals surface area contributed by atoms with E-state index in [1.807, 2.05) is 0 Å². The van der Waals surface area contributed by atoms with Gasteiger partial charge in [-0.25, -0.2) is 0 Å². The first-order chi connectivity index (χ1) is 10.1. The summed E-state index contributed by atoms with van der Waals surface area (Å²) < 4.78 is 0. The van der Waals surface area contributed by atoms with Gasteiger partial charge in [0.15, 0.2) is 0 Å². The van der Waals surface area contributed by atoms with Gasteiger partial charge in [0.25, 0.3) is 0 Å². The monoisotopic (exact) mass is 332 g/mol. The second-order valence-electron chi connectivity index (χ2n) is 7.88. The van der Waals surface area contributed by atoms with Crippen molar-refractivity contribution in [1.82, 2.24) is 0 Å². The van der Waals surface area contributed by atoms with Crippen molar-refractivity contribution >= 4 is 29.1 Å². The zero-order valence-electron chi connectivity index (χ0n) is 14.4. The minimum Gasteiger partial charge on any atom is -0.0859 e. The van der Waals surface area contributed by atoms with Crippen LogP contribution in [0.1, 0.15) is 52.7 Å². The van der Waals surface area contributed by atoms with Crippen molar-refractivity contribution in [3.05, 3.63) is 59.7 Å². The largest absolute Gasteiger partial charge is 0.0859 e. The molecule has 0 spiro atoms. The smallest absolute Gasteiger partial charge is 0.0524 e. The van der Waals surface area contributed by atoms with Crippen LogP contribution in [-0.4, -0.2) is 0 Å². The maximum Gasteiger partial charge on any atom is 0.0524 e. The van der Waals surface area contributed by atoms with Gasteiger partial charge in [-0.05, 0) is 44.7 Å². The quantitative estimate of drug-likeness (QED) is 0.603. The van der Waals surface area contributed by atoms with Gasteiger partial charge in [-0.15, -0.1) is 0 Å². The molecule has 0 aliphatic rings. The minimum absolute atomic E-state index is 0.149. The summed E-state index contributed by atoms with van der Waals surface area (Å²) in [6.07, 6.45) is 0. The van der Waals surface area contributed by atoms with Gasteiger partial charge in [0.1, 0.15) is 0 Å². The van der Waals surface area contributed by atoms with Crippen LogP contribution in [0.4, 0.5) is 0 Å². The zero-order valence-corrected chi connectivity index (χ0v) is 16.1. The molecule has 0 saturated heterocycles. The first-order valence-electron chi connectivity index (χ1n) is 7.76. The summed E-state index contributed by atoms with van der Waals surface area (Å²) in [5.41, 5.74) is 2.97. The SMILES string of the molecule is CC(C)(C)c1cccc(P(Cl)c2cccc(C(C)(C)C)c2)c1. The number of rotatable bonds is 2. The number of benzene rings is 2. The molecule has 0 fully saturated rings. The highest BCUT2D eigenvalue weighted by molar-refractivity contribution is 7.95. The van der Waals surface area contributed by atoms with Crippen molar-refractivity contribution in [3.8, 4) is 0 Å². The molecule has 22 heavy (non-hydrogen) atoms. The van der Waals surface area contributed by atoms with E-state index < -0.39 is 7.27 Å². The summed E-state index contributed by atoms with van der Waals surface area (Å²) in [5, 5.41) is 2.46. The molecule has 0 nitrogen and oxygen atoms in total. The Morgan fingerprint density at radius 1 is 0.682 bits per heavy atom. The molecule has 0 aliphatic carbocycles. The summed E-state index contributed by atoms with van der Waals surface area (Å²) in [7, 11) is -0.825. The lowest BCUT2D eigenvalue weighted by Crippen LogP contribution is -2.17. The second-order valence-corrected chi connectivity index (χ2v) is 10.5. The first-order valence-corrected chi connectivity index (χ1v) is 10.0. The summed E-state index contributed by atoms with van der Waals surface area (Å²) in [6.45, 7) is 13.4. The number of hydrogen-bond donors (Lipinski definition) is 0. The van der Waals surface area contributed by atoms with Crippen LogP contribution in [-0.2, 0) is 10.8 Å². The van der Waals surface area contributed by atoms with Gasteiger partial charge in [0.2, 0.25) is 0 Å². The van der Waals surface area contributed by atoms with Crippen molar-refractivity contribution < 1.29 is 0 Å². The van der Waals surface area contributed by atoms with E-state index in [-0.39, 0.29) is 10.8 Å². The molecule has 0 amide bonds. The Labute approximate surface area is 141 Å². The molecule has 0 bridgehead atoms. The van der Waals surface area contributed by atoms with Crippen LogP contribution < -0.4 is 10.6 Å². The molecule has 118 valence electrons. The molecule has 0 radical (unpaired) electrons. The number of halogens is 1. The maximum absolute atomic E-state index is 6.84. The topological polar surface area (TPSA) is 0 Å². The van der Waals surface area contributed by atoms with E-state index in [1.165, 1.54) is 21.7 Å². The minimum atomic E-state index is -0.825. The molecule has 2 rings (SSSR count). The zero-order chi connectivity index (χ0) is 16.5. The molecule has 0 saturated carbocycles.